The minimum Gasteiger partial charge on any atom is -0.478 e. The molecule has 0 spiro atoms. The maximum atomic E-state index is 12.1. The number of H-pyrrole nitrogens is 1. The zero-order valence-corrected chi connectivity index (χ0v) is 12.2. The lowest BCUT2D eigenvalue weighted by Crippen LogP contribution is -2.16. The molecule has 6 heteroatoms. The van der Waals surface area contributed by atoms with E-state index in [0.29, 0.717) is 5.69 Å². The average Bonchev–Trinajstić information content (AvgIpc) is 2.73. The second-order valence-electron chi connectivity index (χ2n) is 4.97. The first kappa shape index (κ1) is 14.8. The standard InChI is InChI=1S/C15H17N3O3/c1-8-4-5-11(15(20)21)6-13(8)16-14(19)7-12-9(2)17-18-10(12)3/h4-6H,7H2,1-3H3,(H,16,19)(H,17,18)(H,20,21). The van der Waals surface area contributed by atoms with E-state index >= 15 is 0 Å². The molecule has 0 unspecified atom stereocenters. The summed E-state index contributed by atoms with van der Waals surface area (Å²) in [6, 6.07) is 4.65. The number of aryl methyl sites for hydroxylation is 3. The Kier molecular flexibility index (Phi) is 4.07. The summed E-state index contributed by atoms with van der Waals surface area (Å²) in [5.41, 5.74) is 3.98. The topological polar surface area (TPSA) is 95.1 Å². The van der Waals surface area contributed by atoms with Crippen LogP contribution in [0, 0.1) is 20.8 Å². The first-order valence-electron chi connectivity index (χ1n) is 6.52. The van der Waals surface area contributed by atoms with Gasteiger partial charge >= 0.3 is 5.97 Å². The molecular weight excluding hydrogens is 270 g/mol. The molecule has 2 rings (SSSR count). The van der Waals surface area contributed by atoms with Crippen molar-refractivity contribution in [2.24, 2.45) is 0 Å². The third kappa shape index (κ3) is 3.28. The first-order chi connectivity index (χ1) is 9.88. The van der Waals surface area contributed by atoms with E-state index in [4.69, 9.17) is 5.11 Å². The van der Waals surface area contributed by atoms with Crippen molar-refractivity contribution in [3.8, 4) is 0 Å². The summed E-state index contributed by atoms with van der Waals surface area (Å²) in [7, 11) is 0. The van der Waals surface area contributed by atoms with Crippen LogP contribution in [-0.2, 0) is 11.2 Å². The highest BCUT2D eigenvalue weighted by molar-refractivity contribution is 5.95. The second-order valence-corrected chi connectivity index (χ2v) is 4.97. The molecule has 3 N–H and O–H groups in total. The number of carbonyl (C=O) groups excluding carboxylic acids is 1. The predicted octanol–water partition coefficient (Wildman–Crippen LogP) is 2.21. The van der Waals surface area contributed by atoms with Crippen LogP contribution in [0.15, 0.2) is 18.2 Å². The third-order valence-electron chi connectivity index (χ3n) is 3.38. The Balaban J connectivity index is 2.16. The normalized spacial score (nSPS) is 10.4. The largest absolute Gasteiger partial charge is 0.478 e. The molecule has 0 saturated heterocycles. The van der Waals surface area contributed by atoms with E-state index < -0.39 is 5.97 Å². The molecule has 0 bridgehead atoms. The molecule has 1 aromatic carbocycles. The molecule has 2 aromatic rings. The van der Waals surface area contributed by atoms with Crippen LogP contribution in [0.3, 0.4) is 0 Å². The number of rotatable bonds is 4. The van der Waals surface area contributed by atoms with Gasteiger partial charge in [-0.05, 0) is 38.5 Å². The number of anilines is 1. The number of hydrogen-bond donors (Lipinski definition) is 3. The number of carbonyl (C=O) groups is 2. The molecule has 1 aromatic heterocycles. The highest BCUT2D eigenvalue weighted by Gasteiger charge is 2.13. The molecule has 0 fully saturated rings. The molecule has 1 amide bonds. The summed E-state index contributed by atoms with van der Waals surface area (Å²) in [5, 5.41) is 18.6. The van der Waals surface area contributed by atoms with Gasteiger partial charge in [0.25, 0.3) is 0 Å². The maximum Gasteiger partial charge on any atom is 0.335 e. The second kappa shape index (κ2) is 5.78. The van der Waals surface area contributed by atoms with Gasteiger partial charge in [0.1, 0.15) is 0 Å². The van der Waals surface area contributed by atoms with Crippen molar-refractivity contribution in [2.45, 2.75) is 27.2 Å². The molecule has 110 valence electrons. The molecule has 21 heavy (non-hydrogen) atoms. The average molecular weight is 287 g/mol. The fourth-order valence-corrected chi connectivity index (χ4v) is 2.08. The van der Waals surface area contributed by atoms with Gasteiger partial charge in [-0.2, -0.15) is 5.10 Å². The predicted molar refractivity (Wildman–Crippen MR) is 78.5 cm³/mol. The molecule has 0 aliphatic heterocycles. The minimum absolute atomic E-state index is 0.145. The van der Waals surface area contributed by atoms with E-state index in [1.54, 1.807) is 6.07 Å². The fraction of sp³-hybridized carbons (Fsp3) is 0.267. The zero-order valence-electron chi connectivity index (χ0n) is 12.2. The highest BCUT2D eigenvalue weighted by Crippen LogP contribution is 2.18. The van der Waals surface area contributed by atoms with Crippen LogP contribution in [0.5, 0.6) is 0 Å². The van der Waals surface area contributed by atoms with E-state index in [1.807, 2.05) is 20.8 Å². The van der Waals surface area contributed by atoms with E-state index in [1.165, 1.54) is 12.1 Å². The summed E-state index contributed by atoms with van der Waals surface area (Å²) >= 11 is 0. The quantitative estimate of drug-likeness (QED) is 0.803. The molecule has 0 saturated carbocycles. The zero-order chi connectivity index (χ0) is 15.6. The van der Waals surface area contributed by atoms with Gasteiger partial charge < -0.3 is 10.4 Å². The summed E-state index contributed by atoms with van der Waals surface area (Å²) in [4.78, 5) is 23.1. The van der Waals surface area contributed by atoms with Crippen molar-refractivity contribution in [3.05, 3.63) is 46.3 Å². The van der Waals surface area contributed by atoms with Gasteiger partial charge in [0.05, 0.1) is 17.7 Å². The number of amides is 1. The van der Waals surface area contributed by atoms with Crippen molar-refractivity contribution in [1.29, 1.82) is 0 Å². The van der Waals surface area contributed by atoms with Crippen LogP contribution in [0.2, 0.25) is 0 Å². The lowest BCUT2D eigenvalue weighted by atomic mass is 10.1. The Morgan fingerprint density at radius 2 is 2.00 bits per heavy atom. The van der Waals surface area contributed by atoms with E-state index in [0.717, 1.165) is 22.5 Å². The van der Waals surface area contributed by atoms with Crippen LogP contribution in [-0.4, -0.2) is 27.2 Å². The summed E-state index contributed by atoms with van der Waals surface area (Å²) < 4.78 is 0. The first-order valence-corrected chi connectivity index (χ1v) is 6.52. The molecule has 6 nitrogen and oxygen atoms in total. The van der Waals surface area contributed by atoms with Gasteiger partial charge in [0.15, 0.2) is 0 Å². The van der Waals surface area contributed by atoms with Gasteiger partial charge in [-0.15, -0.1) is 0 Å². The molecule has 0 aliphatic rings. The van der Waals surface area contributed by atoms with Gasteiger partial charge in [-0.1, -0.05) is 6.07 Å². The summed E-state index contributed by atoms with van der Waals surface area (Å²) in [6.07, 6.45) is 0.199. The van der Waals surface area contributed by atoms with Crippen LogP contribution in [0.1, 0.15) is 32.9 Å². The van der Waals surface area contributed by atoms with Crippen molar-refractivity contribution >= 4 is 17.6 Å². The van der Waals surface area contributed by atoms with E-state index in [9.17, 15) is 9.59 Å². The van der Waals surface area contributed by atoms with Crippen LogP contribution < -0.4 is 5.32 Å². The highest BCUT2D eigenvalue weighted by atomic mass is 16.4. The van der Waals surface area contributed by atoms with Crippen molar-refractivity contribution in [3.63, 3.8) is 0 Å². The third-order valence-corrected chi connectivity index (χ3v) is 3.38. The van der Waals surface area contributed by atoms with Gasteiger partial charge in [0, 0.05) is 16.9 Å². The summed E-state index contributed by atoms with van der Waals surface area (Å²) in [6.45, 7) is 5.51. The lowest BCUT2D eigenvalue weighted by molar-refractivity contribution is -0.115. The molecular formula is C15H17N3O3. The molecule has 0 atom stereocenters. The number of benzene rings is 1. The Morgan fingerprint density at radius 3 is 2.57 bits per heavy atom. The van der Waals surface area contributed by atoms with Gasteiger partial charge in [0.2, 0.25) is 5.91 Å². The summed E-state index contributed by atoms with van der Waals surface area (Å²) in [5.74, 6) is -1.22. The number of aromatic carboxylic acids is 1. The fourth-order valence-electron chi connectivity index (χ4n) is 2.08. The Morgan fingerprint density at radius 1 is 1.29 bits per heavy atom. The number of carboxylic acids is 1. The molecule has 1 heterocycles. The number of hydrogen-bond acceptors (Lipinski definition) is 3. The number of carboxylic acid groups (broad SMARTS) is 1. The number of aromatic nitrogens is 2. The minimum atomic E-state index is -1.02. The van der Waals surface area contributed by atoms with Gasteiger partial charge in [-0.25, -0.2) is 4.79 Å². The van der Waals surface area contributed by atoms with E-state index in [2.05, 4.69) is 15.5 Å². The van der Waals surface area contributed by atoms with Crippen molar-refractivity contribution < 1.29 is 14.7 Å². The SMILES string of the molecule is Cc1ccc(C(=O)O)cc1NC(=O)Cc1c(C)n[nH]c1C. The number of aromatic amines is 1. The number of nitrogens with zero attached hydrogens (tertiary/aromatic N) is 1. The van der Waals surface area contributed by atoms with Crippen molar-refractivity contribution in [1.82, 2.24) is 10.2 Å². The smallest absolute Gasteiger partial charge is 0.335 e. The van der Waals surface area contributed by atoms with Crippen molar-refractivity contribution in [2.75, 3.05) is 5.32 Å². The lowest BCUT2D eigenvalue weighted by Gasteiger charge is -2.09. The Hall–Kier alpha value is -2.63. The molecule has 0 radical (unpaired) electrons. The van der Waals surface area contributed by atoms with Crippen LogP contribution >= 0.6 is 0 Å². The Bertz CT molecular complexity index is 685. The van der Waals surface area contributed by atoms with Gasteiger partial charge in [-0.3, -0.25) is 9.89 Å². The Labute approximate surface area is 122 Å². The van der Waals surface area contributed by atoms with Crippen LogP contribution in [0.25, 0.3) is 0 Å². The number of nitrogens with one attached hydrogen (secondary N) is 2. The monoisotopic (exact) mass is 287 g/mol. The van der Waals surface area contributed by atoms with Crippen LogP contribution in [0.4, 0.5) is 5.69 Å². The molecule has 0 aliphatic carbocycles. The maximum absolute atomic E-state index is 12.1. The van der Waals surface area contributed by atoms with E-state index in [-0.39, 0.29) is 17.9 Å².